The highest BCUT2D eigenvalue weighted by Gasteiger charge is 2.21. The molecular formula is C25H28N6O2S. The molecular weight excluding hydrogens is 448 g/mol. The molecule has 9 heteroatoms. The summed E-state index contributed by atoms with van der Waals surface area (Å²) < 4.78 is 9.75. The van der Waals surface area contributed by atoms with Gasteiger partial charge in [-0.1, -0.05) is 42.5 Å². The van der Waals surface area contributed by atoms with E-state index in [4.69, 9.17) is 27.5 Å². The average Bonchev–Trinajstić information content (AvgIpc) is 3.48. The monoisotopic (exact) mass is 476 g/mol. The van der Waals surface area contributed by atoms with Crippen molar-refractivity contribution in [1.82, 2.24) is 24.1 Å². The van der Waals surface area contributed by atoms with Crippen LogP contribution in [0.2, 0.25) is 0 Å². The van der Waals surface area contributed by atoms with Gasteiger partial charge in [0.15, 0.2) is 16.4 Å². The van der Waals surface area contributed by atoms with Crippen molar-refractivity contribution in [1.29, 1.82) is 0 Å². The fraction of sp³-hybridized carbons (Fsp3) is 0.320. The Balaban J connectivity index is 1.26. The zero-order valence-electron chi connectivity index (χ0n) is 19.0. The summed E-state index contributed by atoms with van der Waals surface area (Å²) in [7, 11) is 0. The van der Waals surface area contributed by atoms with Crippen molar-refractivity contribution in [2.75, 3.05) is 26.2 Å². The molecule has 3 heterocycles. The molecule has 2 aromatic heterocycles. The third-order valence-corrected chi connectivity index (χ3v) is 6.75. The lowest BCUT2D eigenvalue weighted by Crippen LogP contribution is -2.46. The number of rotatable bonds is 8. The van der Waals surface area contributed by atoms with Crippen LogP contribution in [-0.4, -0.2) is 56.2 Å². The number of hydrogen-bond acceptors (Lipinski definition) is 6. The number of hydrogen-bond donors (Lipinski definition) is 1. The number of primary amides is 1. The van der Waals surface area contributed by atoms with Gasteiger partial charge in [0, 0.05) is 45.7 Å². The van der Waals surface area contributed by atoms with Gasteiger partial charge < -0.3 is 10.2 Å². The van der Waals surface area contributed by atoms with Crippen molar-refractivity contribution >= 4 is 28.9 Å². The molecule has 1 fully saturated rings. The van der Waals surface area contributed by atoms with Gasteiger partial charge in [0.2, 0.25) is 5.91 Å². The van der Waals surface area contributed by atoms with Crippen LogP contribution in [-0.2, 0) is 24.6 Å². The zero-order chi connectivity index (χ0) is 23.5. The van der Waals surface area contributed by atoms with Crippen molar-refractivity contribution in [2.45, 2.75) is 26.2 Å². The second kappa shape index (κ2) is 9.92. The van der Waals surface area contributed by atoms with Gasteiger partial charge in [-0.05, 0) is 40.7 Å². The molecule has 1 amide bonds. The molecule has 0 saturated carbocycles. The molecule has 2 aromatic carbocycles. The number of carbonyl (C=O) groups excluding carboxylic acids is 1. The highest BCUT2D eigenvalue weighted by atomic mass is 32.1. The number of aromatic nitrogens is 3. The standard InChI is InChI=1S/C25H28N6O2S/c26-23(32)10-11-30-24(22-9-4-16-33-22)27-31(25(30)34)18-29-14-12-28(13-15-29)17-20-7-3-6-19-5-1-2-8-21(19)20/h1-9,16H,10-15,17-18H2,(H2,26,32). The molecule has 34 heavy (non-hydrogen) atoms. The number of benzene rings is 2. The topological polar surface area (TPSA) is 85.5 Å². The number of nitrogens with two attached hydrogens (primary N) is 1. The first kappa shape index (κ1) is 22.5. The normalized spacial score (nSPS) is 15.2. The minimum atomic E-state index is -0.373. The number of carbonyl (C=O) groups is 1. The van der Waals surface area contributed by atoms with E-state index in [0.717, 1.165) is 32.7 Å². The minimum absolute atomic E-state index is 0.195. The van der Waals surface area contributed by atoms with E-state index in [-0.39, 0.29) is 12.3 Å². The molecule has 1 aliphatic heterocycles. The van der Waals surface area contributed by atoms with Crippen molar-refractivity contribution in [3.63, 3.8) is 0 Å². The molecule has 0 radical (unpaired) electrons. The molecule has 0 bridgehead atoms. The summed E-state index contributed by atoms with van der Waals surface area (Å²) in [5.41, 5.74) is 6.73. The van der Waals surface area contributed by atoms with Crippen LogP contribution in [0.4, 0.5) is 0 Å². The number of piperazine rings is 1. The molecule has 176 valence electrons. The van der Waals surface area contributed by atoms with Gasteiger partial charge in [0.1, 0.15) is 0 Å². The Morgan fingerprint density at radius 3 is 2.53 bits per heavy atom. The number of nitrogens with zero attached hydrogens (tertiary/aromatic N) is 5. The Labute approximate surface area is 203 Å². The van der Waals surface area contributed by atoms with E-state index < -0.39 is 0 Å². The van der Waals surface area contributed by atoms with Crippen molar-refractivity contribution in [3.05, 3.63) is 71.2 Å². The van der Waals surface area contributed by atoms with E-state index in [0.29, 0.717) is 29.6 Å². The van der Waals surface area contributed by atoms with E-state index in [1.54, 1.807) is 6.26 Å². The zero-order valence-corrected chi connectivity index (χ0v) is 19.8. The molecule has 5 rings (SSSR count). The summed E-state index contributed by atoms with van der Waals surface area (Å²) >= 11 is 5.69. The lowest BCUT2D eigenvalue weighted by molar-refractivity contribution is -0.118. The Hall–Kier alpha value is -3.27. The third kappa shape index (κ3) is 4.82. The summed E-state index contributed by atoms with van der Waals surface area (Å²) in [5, 5.41) is 7.33. The first-order chi connectivity index (χ1) is 16.6. The molecule has 8 nitrogen and oxygen atoms in total. The highest BCUT2D eigenvalue weighted by Crippen LogP contribution is 2.22. The van der Waals surface area contributed by atoms with Crippen molar-refractivity contribution < 1.29 is 9.21 Å². The quantitative estimate of drug-likeness (QED) is 0.392. The Kier molecular flexibility index (Phi) is 6.57. The molecule has 4 aromatic rings. The Morgan fingerprint density at radius 2 is 1.76 bits per heavy atom. The summed E-state index contributed by atoms with van der Waals surface area (Å²) in [6.45, 7) is 5.72. The van der Waals surface area contributed by atoms with E-state index in [9.17, 15) is 4.79 Å². The predicted octanol–water partition coefficient (Wildman–Crippen LogP) is 3.48. The second-order valence-corrected chi connectivity index (χ2v) is 8.99. The summed E-state index contributed by atoms with van der Waals surface area (Å²) in [5.74, 6) is 0.863. The van der Waals surface area contributed by atoms with Crippen LogP contribution >= 0.6 is 12.2 Å². The first-order valence-corrected chi connectivity index (χ1v) is 11.9. The van der Waals surface area contributed by atoms with Gasteiger partial charge in [0.25, 0.3) is 0 Å². The number of amides is 1. The Bertz CT molecular complexity index is 1330. The molecule has 2 N–H and O–H groups in total. The maximum absolute atomic E-state index is 11.4. The van der Waals surface area contributed by atoms with Gasteiger partial charge in [-0.2, -0.15) is 0 Å². The van der Waals surface area contributed by atoms with E-state index in [2.05, 4.69) is 52.3 Å². The van der Waals surface area contributed by atoms with Gasteiger partial charge in [-0.15, -0.1) is 5.10 Å². The van der Waals surface area contributed by atoms with Crippen molar-refractivity contribution in [2.24, 2.45) is 5.73 Å². The van der Waals surface area contributed by atoms with Crippen LogP contribution in [0.5, 0.6) is 0 Å². The summed E-state index contributed by atoms with van der Waals surface area (Å²) in [6, 6.07) is 18.7. The molecule has 1 saturated heterocycles. The van der Waals surface area contributed by atoms with Crippen LogP contribution in [0.1, 0.15) is 12.0 Å². The van der Waals surface area contributed by atoms with E-state index in [1.807, 2.05) is 21.4 Å². The lowest BCUT2D eigenvalue weighted by Gasteiger charge is -2.34. The fourth-order valence-electron chi connectivity index (χ4n) is 4.49. The molecule has 0 unspecified atom stereocenters. The maximum atomic E-state index is 11.4. The van der Waals surface area contributed by atoms with Gasteiger partial charge in [-0.3, -0.25) is 19.2 Å². The number of furan rings is 1. The van der Waals surface area contributed by atoms with E-state index in [1.165, 1.54) is 16.3 Å². The highest BCUT2D eigenvalue weighted by molar-refractivity contribution is 7.71. The largest absolute Gasteiger partial charge is 0.461 e. The first-order valence-electron chi connectivity index (χ1n) is 11.5. The molecule has 0 aliphatic carbocycles. The van der Waals surface area contributed by atoms with Crippen molar-refractivity contribution in [3.8, 4) is 11.6 Å². The summed E-state index contributed by atoms with van der Waals surface area (Å²) in [6.07, 6.45) is 1.80. The maximum Gasteiger partial charge on any atom is 0.219 e. The molecule has 0 spiro atoms. The number of fused-ring (bicyclic) bond motifs is 1. The molecule has 1 aliphatic rings. The second-order valence-electron chi connectivity index (χ2n) is 8.62. The van der Waals surface area contributed by atoms with Crippen LogP contribution in [0.25, 0.3) is 22.4 Å². The minimum Gasteiger partial charge on any atom is -0.461 e. The lowest BCUT2D eigenvalue weighted by atomic mass is 10.0. The SMILES string of the molecule is NC(=O)CCn1c(-c2ccco2)nn(CN2CCN(Cc3cccc4ccccc34)CC2)c1=S. The Morgan fingerprint density at radius 1 is 1.00 bits per heavy atom. The van der Waals surface area contributed by atoms with Crippen LogP contribution in [0, 0.1) is 4.77 Å². The van der Waals surface area contributed by atoms with Crippen LogP contribution in [0.3, 0.4) is 0 Å². The average molecular weight is 477 g/mol. The van der Waals surface area contributed by atoms with Gasteiger partial charge >= 0.3 is 0 Å². The third-order valence-electron chi connectivity index (χ3n) is 6.32. The van der Waals surface area contributed by atoms with Gasteiger partial charge in [0.05, 0.1) is 12.9 Å². The van der Waals surface area contributed by atoms with Crippen LogP contribution in [0.15, 0.2) is 65.3 Å². The summed E-state index contributed by atoms with van der Waals surface area (Å²) in [4.78, 5) is 16.2. The van der Waals surface area contributed by atoms with Gasteiger partial charge in [-0.25, -0.2) is 4.68 Å². The fourth-order valence-corrected chi connectivity index (χ4v) is 4.77. The molecule has 0 atom stereocenters. The predicted molar refractivity (Wildman–Crippen MR) is 133 cm³/mol. The van der Waals surface area contributed by atoms with Crippen LogP contribution < -0.4 is 5.73 Å². The van der Waals surface area contributed by atoms with E-state index >= 15 is 0 Å². The smallest absolute Gasteiger partial charge is 0.219 e.